The van der Waals surface area contributed by atoms with Crippen LogP contribution in [0.4, 0.5) is 0 Å². The van der Waals surface area contributed by atoms with Crippen LogP contribution in [0.15, 0.2) is 60.7 Å². The van der Waals surface area contributed by atoms with E-state index >= 15 is 0 Å². The molecule has 30 heavy (non-hydrogen) atoms. The number of imidazole rings is 1. The summed E-state index contributed by atoms with van der Waals surface area (Å²) in [7, 11) is 0. The largest absolute Gasteiger partial charge is 0.461 e. The molecule has 152 valence electrons. The summed E-state index contributed by atoms with van der Waals surface area (Å²) in [6.07, 6.45) is 4.79. The fraction of sp³-hybridized carbons (Fsp3) is 0.280. The fourth-order valence-corrected chi connectivity index (χ4v) is 4.37. The first-order valence-electron chi connectivity index (χ1n) is 10.5. The Bertz CT molecular complexity index is 1150. The minimum atomic E-state index is 0.224. The number of aromatic nitrogens is 3. The van der Waals surface area contributed by atoms with Gasteiger partial charge in [-0.1, -0.05) is 73.1 Å². The van der Waals surface area contributed by atoms with E-state index in [9.17, 15) is 0 Å². The van der Waals surface area contributed by atoms with Gasteiger partial charge in [0.05, 0.1) is 16.2 Å². The molecule has 2 heterocycles. The number of nitrogens with one attached hydrogen (secondary N) is 1. The van der Waals surface area contributed by atoms with Crippen molar-refractivity contribution in [2.24, 2.45) is 5.92 Å². The van der Waals surface area contributed by atoms with Gasteiger partial charge in [0.25, 0.3) is 6.01 Å². The molecule has 0 unspecified atom stereocenters. The van der Waals surface area contributed by atoms with Crippen LogP contribution in [0.2, 0.25) is 5.02 Å². The normalized spacial score (nSPS) is 19.1. The quantitative estimate of drug-likeness (QED) is 0.392. The topological polar surface area (TPSA) is 50.8 Å². The Balaban J connectivity index is 1.40. The molecule has 0 saturated heterocycles. The van der Waals surface area contributed by atoms with E-state index in [1.54, 1.807) is 0 Å². The van der Waals surface area contributed by atoms with Crippen LogP contribution in [0, 0.1) is 5.92 Å². The van der Waals surface area contributed by atoms with Crippen LogP contribution >= 0.6 is 11.6 Å². The van der Waals surface area contributed by atoms with Crippen LogP contribution < -0.4 is 4.74 Å². The molecule has 1 fully saturated rings. The van der Waals surface area contributed by atoms with Crippen molar-refractivity contribution in [2.45, 2.75) is 38.7 Å². The maximum atomic E-state index is 6.56. The highest BCUT2D eigenvalue weighted by atomic mass is 35.5. The Hall–Kier alpha value is -2.85. The van der Waals surface area contributed by atoms with Crippen molar-refractivity contribution < 1.29 is 4.74 Å². The van der Waals surface area contributed by atoms with Crippen LogP contribution in [0.5, 0.6) is 6.01 Å². The molecule has 0 bridgehead atoms. The number of H-pyrrole nitrogens is 1. The maximum Gasteiger partial charge on any atom is 0.296 e. The lowest BCUT2D eigenvalue weighted by Gasteiger charge is -2.25. The highest BCUT2D eigenvalue weighted by Gasteiger charge is 2.21. The highest BCUT2D eigenvalue weighted by Crippen LogP contribution is 2.32. The first-order chi connectivity index (χ1) is 14.7. The number of fused-ring (bicyclic) bond motifs is 1. The molecule has 2 aromatic heterocycles. The van der Waals surface area contributed by atoms with Crippen molar-refractivity contribution in [3.8, 4) is 28.4 Å². The summed E-state index contributed by atoms with van der Waals surface area (Å²) < 4.78 is 6.09. The third-order valence-electron chi connectivity index (χ3n) is 5.91. The average molecular weight is 418 g/mol. The third-order valence-corrected chi connectivity index (χ3v) is 6.20. The molecule has 0 radical (unpaired) electrons. The number of hydrogen-bond donors (Lipinski definition) is 1. The van der Waals surface area contributed by atoms with Crippen LogP contribution in [0.1, 0.15) is 32.6 Å². The van der Waals surface area contributed by atoms with Gasteiger partial charge in [0, 0.05) is 5.56 Å². The zero-order valence-electron chi connectivity index (χ0n) is 16.9. The molecule has 5 rings (SSSR count). The van der Waals surface area contributed by atoms with E-state index < -0.39 is 0 Å². The SMILES string of the molecule is C[C@H]1CC[C@H](Oc2nc3nc(-c4ccc(-c5ccccc5)cc4)c(Cl)cc3[nH]2)CC1. The second-order valence-corrected chi connectivity index (χ2v) is 8.58. The van der Waals surface area contributed by atoms with Crippen LogP contribution in [0.3, 0.4) is 0 Å². The number of pyridine rings is 1. The van der Waals surface area contributed by atoms with Gasteiger partial charge in [-0.25, -0.2) is 4.98 Å². The van der Waals surface area contributed by atoms with E-state index in [4.69, 9.17) is 21.3 Å². The smallest absolute Gasteiger partial charge is 0.296 e. The Morgan fingerprint density at radius 2 is 1.53 bits per heavy atom. The minimum absolute atomic E-state index is 0.224. The molecule has 0 spiro atoms. The first kappa shape index (κ1) is 19.1. The van der Waals surface area contributed by atoms with Crippen LogP contribution in [-0.2, 0) is 0 Å². The molecule has 5 heteroatoms. The van der Waals surface area contributed by atoms with Gasteiger partial charge in [0.15, 0.2) is 5.65 Å². The molecule has 1 N–H and O–H groups in total. The van der Waals surface area contributed by atoms with Crippen molar-refractivity contribution in [1.29, 1.82) is 0 Å². The highest BCUT2D eigenvalue weighted by molar-refractivity contribution is 6.33. The van der Waals surface area contributed by atoms with Gasteiger partial charge in [0.2, 0.25) is 0 Å². The van der Waals surface area contributed by atoms with Crippen molar-refractivity contribution >= 4 is 22.8 Å². The molecular formula is C25H24ClN3O. The van der Waals surface area contributed by atoms with E-state index in [-0.39, 0.29) is 6.10 Å². The Morgan fingerprint density at radius 1 is 0.867 bits per heavy atom. The number of benzene rings is 2. The van der Waals surface area contributed by atoms with Gasteiger partial charge in [0.1, 0.15) is 6.10 Å². The zero-order valence-corrected chi connectivity index (χ0v) is 17.7. The number of hydrogen-bond acceptors (Lipinski definition) is 3. The summed E-state index contributed by atoms with van der Waals surface area (Å²) >= 11 is 6.56. The molecule has 0 atom stereocenters. The molecule has 1 aliphatic rings. The zero-order chi connectivity index (χ0) is 20.5. The van der Waals surface area contributed by atoms with Gasteiger partial charge >= 0.3 is 0 Å². The van der Waals surface area contributed by atoms with E-state index in [1.807, 2.05) is 24.3 Å². The summed E-state index contributed by atoms with van der Waals surface area (Å²) in [5.41, 5.74) is 5.46. The standard InChI is InChI=1S/C25H24ClN3O/c1-16-7-13-20(14-8-16)30-25-27-22-15-21(26)23(28-24(22)29-25)19-11-9-18(10-12-19)17-5-3-2-4-6-17/h2-6,9-12,15-16,20H,7-8,13-14H2,1H3,(H,27,28,29)/t16-,20-. The monoisotopic (exact) mass is 417 g/mol. The average Bonchev–Trinajstić information content (AvgIpc) is 3.16. The minimum Gasteiger partial charge on any atom is -0.461 e. The predicted molar refractivity (Wildman–Crippen MR) is 122 cm³/mol. The molecule has 1 aliphatic carbocycles. The van der Waals surface area contributed by atoms with E-state index in [1.165, 1.54) is 18.4 Å². The van der Waals surface area contributed by atoms with Crippen molar-refractivity contribution in [2.75, 3.05) is 0 Å². The van der Waals surface area contributed by atoms with E-state index in [0.29, 0.717) is 16.7 Å². The molecule has 0 amide bonds. The molecule has 4 aromatic rings. The van der Waals surface area contributed by atoms with E-state index in [2.05, 4.69) is 53.3 Å². The van der Waals surface area contributed by atoms with Crippen LogP contribution in [0.25, 0.3) is 33.5 Å². The molecule has 2 aromatic carbocycles. The van der Waals surface area contributed by atoms with Gasteiger partial charge in [-0.3, -0.25) is 0 Å². The number of rotatable bonds is 4. The first-order valence-corrected chi connectivity index (χ1v) is 10.9. The van der Waals surface area contributed by atoms with Crippen molar-refractivity contribution in [3.05, 3.63) is 65.7 Å². The fourth-order valence-electron chi connectivity index (χ4n) is 4.11. The van der Waals surface area contributed by atoms with Gasteiger partial charge in [-0.05, 0) is 48.8 Å². The molecule has 1 saturated carbocycles. The summed E-state index contributed by atoms with van der Waals surface area (Å²) in [6.45, 7) is 2.30. The van der Waals surface area contributed by atoms with Gasteiger partial charge in [-0.2, -0.15) is 4.98 Å². The predicted octanol–water partition coefficient (Wildman–Crippen LogP) is 6.90. The number of halogens is 1. The summed E-state index contributed by atoms with van der Waals surface area (Å²) in [6, 6.07) is 21.0. The third kappa shape index (κ3) is 3.92. The van der Waals surface area contributed by atoms with Crippen molar-refractivity contribution in [1.82, 2.24) is 15.0 Å². The van der Waals surface area contributed by atoms with Gasteiger partial charge in [-0.15, -0.1) is 0 Å². The molecular weight excluding hydrogens is 394 g/mol. The second kappa shape index (κ2) is 8.11. The van der Waals surface area contributed by atoms with Crippen LogP contribution in [-0.4, -0.2) is 21.1 Å². The summed E-state index contributed by atoms with van der Waals surface area (Å²) in [4.78, 5) is 12.5. The lowest BCUT2D eigenvalue weighted by Crippen LogP contribution is -2.23. The Kier molecular flexibility index (Phi) is 5.17. The van der Waals surface area contributed by atoms with E-state index in [0.717, 1.165) is 41.1 Å². The summed E-state index contributed by atoms with van der Waals surface area (Å²) in [5, 5.41) is 0.594. The van der Waals surface area contributed by atoms with Crippen molar-refractivity contribution in [3.63, 3.8) is 0 Å². The maximum absolute atomic E-state index is 6.56. The number of nitrogens with zero attached hydrogens (tertiary/aromatic N) is 2. The molecule has 4 nitrogen and oxygen atoms in total. The Morgan fingerprint density at radius 3 is 2.27 bits per heavy atom. The summed E-state index contributed by atoms with van der Waals surface area (Å²) in [5.74, 6) is 0.789. The molecule has 0 aliphatic heterocycles. The number of aromatic amines is 1. The van der Waals surface area contributed by atoms with Gasteiger partial charge < -0.3 is 9.72 Å². The number of ether oxygens (including phenoxy) is 1. The Labute approximate surface area is 181 Å². The lowest BCUT2D eigenvalue weighted by molar-refractivity contribution is 0.126. The lowest BCUT2D eigenvalue weighted by atomic mass is 9.89. The second-order valence-electron chi connectivity index (χ2n) is 8.18.